The zero-order chi connectivity index (χ0) is 22.4. The van der Waals surface area contributed by atoms with Crippen LogP contribution >= 0.6 is 0 Å². The Labute approximate surface area is 184 Å². The summed E-state index contributed by atoms with van der Waals surface area (Å²) in [5, 5.41) is 2.94. The minimum absolute atomic E-state index is 0.0324. The lowest BCUT2D eigenvalue weighted by molar-refractivity contribution is -0.116. The van der Waals surface area contributed by atoms with Crippen LogP contribution in [-0.2, 0) is 14.8 Å². The van der Waals surface area contributed by atoms with Gasteiger partial charge in [-0.2, -0.15) is 0 Å². The third kappa shape index (κ3) is 5.86. The Balaban J connectivity index is 1.57. The van der Waals surface area contributed by atoms with Gasteiger partial charge in [0.15, 0.2) is 0 Å². The van der Waals surface area contributed by atoms with E-state index in [0.717, 1.165) is 16.9 Å². The number of methoxy groups -OCH3 is 1. The Hall–Kier alpha value is -2.84. The summed E-state index contributed by atoms with van der Waals surface area (Å²) < 4.78 is 30.7. The fraction of sp³-hybridized carbons (Fsp3) is 0.348. The smallest absolute Gasteiger partial charge is 0.244 e. The maximum atomic E-state index is 12.3. The summed E-state index contributed by atoms with van der Waals surface area (Å²) in [5.41, 5.74) is 2.57. The summed E-state index contributed by atoms with van der Waals surface area (Å²) in [4.78, 5) is 14.4. The lowest BCUT2D eigenvalue weighted by Crippen LogP contribution is -2.33. The molecule has 1 unspecified atom stereocenters. The van der Waals surface area contributed by atoms with Crippen LogP contribution in [0.25, 0.3) is 6.08 Å². The normalized spacial score (nSPS) is 16.6. The quantitative estimate of drug-likeness (QED) is 0.635. The number of benzene rings is 2. The number of nitrogens with zero attached hydrogens (tertiary/aromatic N) is 2. The third-order valence-corrected chi connectivity index (χ3v) is 7.17. The van der Waals surface area contributed by atoms with Crippen molar-refractivity contribution in [2.24, 2.45) is 0 Å². The van der Waals surface area contributed by atoms with Gasteiger partial charge in [0.2, 0.25) is 15.9 Å². The van der Waals surface area contributed by atoms with Gasteiger partial charge in [0, 0.05) is 19.2 Å². The van der Waals surface area contributed by atoms with Crippen molar-refractivity contribution in [2.75, 3.05) is 44.4 Å². The topological polar surface area (TPSA) is 79.0 Å². The lowest BCUT2D eigenvalue weighted by Gasteiger charge is -2.25. The Morgan fingerprint density at radius 2 is 1.84 bits per heavy atom. The Morgan fingerprint density at radius 1 is 1.16 bits per heavy atom. The largest absolute Gasteiger partial charge is 0.497 e. The molecule has 166 valence electrons. The van der Waals surface area contributed by atoms with Crippen molar-refractivity contribution in [3.05, 3.63) is 65.7 Å². The number of amides is 1. The highest BCUT2D eigenvalue weighted by Crippen LogP contribution is 2.24. The number of hydrogen-bond acceptors (Lipinski definition) is 5. The van der Waals surface area contributed by atoms with E-state index in [1.165, 1.54) is 10.4 Å². The van der Waals surface area contributed by atoms with E-state index in [4.69, 9.17) is 4.74 Å². The van der Waals surface area contributed by atoms with Gasteiger partial charge < -0.3 is 15.0 Å². The molecular formula is C23H29N3O4S. The second-order valence-corrected chi connectivity index (χ2v) is 9.68. The summed E-state index contributed by atoms with van der Waals surface area (Å²) in [7, 11) is 2.39. The molecule has 1 atom stereocenters. The highest BCUT2D eigenvalue weighted by molar-refractivity contribution is 7.93. The standard InChI is InChI=1S/C23H29N3O4S/c1-25(2)22(19-8-12-21(30-3)13-9-19)17-24-23(27)14-7-18-5-10-20(11-6-18)26-15-4-16-31(26,28)29/h5-14,22H,4,15-17H2,1-3H3,(H,24,27)/b14-7+. The predicted octanol–water partition coefficient (Wildman–Crippen LogP) is 2.67. The molecule has 1 amide bonds. The minimum Gasteiger partial charge on any atom is -0.497 e. The molecule has 1 fully saturated rings. The lowest BCUT2D eigenvalue weighted by atomic mass is 10.1. The maximum Gasteiger partial charge on any atom is 0.244 e. The number of carbonyl (C=O) groups excluding carboxylic acids is 1. The van der Waals surface area contributed by atoms with Crippen LogP contribution in [0.1, 0.15) is 23.6 Å². The second-order valence-electron chi connectivity index (χ2n) is 7.66. The maximum absolute atomic E-state index is 12.3. The average molecular weight is 444 g/mol. The predicted molar refractivity (Wildman–Crippen MR) is 124 cm³/mol. The van der Waals surface area contributed by atoms with Crippen molar-refractivity contribution in [3.63, 3.8) is 0 Å². The van der Waals surface area contributed by atoms with Crippen LogP contribution in [-0.4, -0.2) is 59.3 Å². The van der Waals surface area contributed by atoms with Gasteiger partial charge in [0.25, 0.3) is 0 Å². The summed E-state index contributed by atoms with van der Waals surface area (Å²) in [5.74, 6) is 0.798. The highest BCUT2D eigenvalue weighted by Gasteiger charge is 2.28. The number of rotatable bonds is 8. The van der Waals surface area contributed by atoms with Crippen LogP contribution in [0.5, 0.6) is 5.75 Å². The van der Waals surface area contributed by atoms with Crippen molar-refractivity contribution in [3.8, 4) is 5.75 Å². The Bertz CT molecular complexity index is 1020. The number of carbonyl (C=O) groups is 1. The first-order chi connectivity index (χ1) is 14.8. The molecular weight excluding hydrogens is 414 g/mol. The van der Waals surface area contributed by atoms with Crippen LogP contribution in [0.15, 0.2) is 54.6 Å². The molecule has 1 saturated heterocycles. The Morgan fingerprint density at radius 3 is 2.39 bits per heavy atom. The summed E-state index contributed by atoms with van der Waals surface area (Å²) in [6.45, 7) is 0.982. The van der Waals surface area contributed by atoms with Gasteiger partial charge >= 0.3 is 0 Å². The van der Waals surface area contributed by atoms with Gasteiger partial charge in [0.05, 0.1) is 24.6 Å². The van der Waals surface area contributed by atoms with E-state index < -0.39 is 10.0 Å². The number of hydrogen-bond donors (Lipinski definition) is 1. The SMILES string of the molecule is COc1ccc(C(CNC(=O)/C=C/c2ccc(N3CCCS3(=O)=O)cc2)N(C)C)cc1. The van der Waals surface area contributed by atoms with E-state index in [-0.39, 0.29) is 17.7 Å². The van der Waals surface area contributed by atoms with E-state index in [1.807, 2.05) is 50.5 Å². The van der Waals surface area contributed by atoms with Crippen LogP contribution in [0, 0.1) is 0 Å². The summed E-state index contributed by atoms with van der Waals surface area (Å²) in [6.07, 6.45) is 3.85. The van der Waals surface area contributed by atoms with Gasteiger partial charge in [-0.1, -0.05) is 24.3 Å². The van der Waals surface area contributed by atoms with Gasteiger partial charge in [-0.15, -0.1) is 0 Å². The molecule has 1 aliphatic rings. The zero-order valence-electron chi connectivity index (χ0n) is 18.1. The van der Waals surface area contributed by atoms with Crippen LogP contribution in [0.4, 0.5) is 5.69 Å². The molecule has 1 aliphatic heterocycles. The minimum atomic E-state index is -3.19. The van der Waals surface area contributed by atoms with Crippen molar-refractivity contribution >= 4 is 27.7 Å². The molecule has 1 N–H and O–H groups in total. The van der Waals surface area contributed by atoms with Gasteiger partial charge in [-0.3, -0.25) is 9.10 Å². The zero-order valence-corrected chi connectivity index (χ0v) is 18.9. The van der Waals surface area contributed by atoms with Gasteiger partial charge in [-0.25, -0.2) is 8.42 Å². The molecule has 2 aromatic carbocycles. The van der Waals surface area contributed by atoms with Crippen molar-refractivity contribution < 1.29 is 17.9 Å². The van der Waals surface area contributed by atoms with Crippen molar-refractivity contribution in [1.29, 1.82) is 0 Å². The Kier molecular flexibility index (Phi) is 7.35. The number of likely N-dealkylation sites (N-methyl/N-ethyl adjacent to an activating group) is 1. The molecule has 0 saturated carbocycles. The monoisotopic (exact) mass is 443 g/mol. The molecule has 0 bridgehead atoms. The molecule has 3 rings (SSSR count). The first-order valence-electron chi connectivity index (χ1n) is 10.2. The van der Waals surface area contributed by atoms with Crippen molar-refractivity contribution in [2.45, 2.75) is 12.5 Å². The number of sulfonamides is 1. The molecule has 7 nitrogen and oxygen atoms in total. The fourth-order valence-corrected chi connectivity index (χ4v) is 5.10. The van der Waals surface area contributed by atoms with E-state index in [2.05, 4.69) is 10.2 Å². The molecule has 0 spiro atoms. The van der Waals surface area contributed by atoms with E-state index >= 15 is 0 Å². The fourth-order valence-electron chi connectivity index (χ4n) is 3.53. The number of nitrogens with one attached hydrogen (secondary N) is 1. The molecule has 0 aromatic heterocycles. The molecule has 2 aromatic rings. The van der Waals surface area contributed by atoms with Crippen LogP contribution < -0.4 is 14.4 Å². The summed E-state index contributed by atoms with van der Waals surface area (Å²) in [6, 6.07) is 15.0. The summed E-state index contributed by atoms with van der Waals surface area (Å²) >= 11 is 0. The molecule has 31 heavy (non-hydrogen) atoms. The second kappa shape index (κ2) is 9.98. The van der Waals surface area contributed by atoms with E-state index in [1.54, 1.807) is 25.3 Å². The van der Waals surface area contributed by atoms with E-state index in [9.17, 15) is 13.2 Å². The first-order valence-corrected chi connectivity index (χ1v) is 11.8. The molecule has 0 aliphatic carbocycles. The highest BCUT2D eigenvalue weighted by atomic mass is 32.2. The molecule has 1 heterocycles. The molecule has 8 heteroatoms. The number of ether oxygens (including phenoxy) is 1. The average Bonchev–Trinajstić information content (AvgIpc) is 3.12. The van der Waals surface area contributed by atoms with Gasteiger partial charge in [-0.05, 0) is 62.0 Å². The molecule has 0 radical (unpaired) electrons. The van der Waals surface area contributed by atoms with E-state index in [0.29, 0.717) is 25.2 Å². The van der Waals surface area contributed by atoms with Crippen molar-refractivity contribution in [1.82, 2.24) is 10.2 Å². The van der Waals surface area contributed by atoms with Gasteiger partial charge in [0.1, 0.15) is 5.75 Å². The third-order valence-electron chi connectivity index (χ3n) is 5.30. The van der Waals surface area contributed by atoms with Crippen LogP contribution in [0.3, 0.4) is 0 Å². The van der Waals surface area contributed by atoms with Crippen LogP contribution in [0.2, 0.25) is 0 Å². The first kappa shape index (κ1) is 22.8. The number of anilines is 1.